The summed E-state index contributed by atoms with van der Waals surface area (Å²) in [6.07, 6.45) is 1.48. The number of nitrogens with zero attached hydrogens (tertiary/aromatic N) is 2. The Morgan fingerprint density at radius 2 is 2.27 bits per heavy atom. The van der Waals surface area contributed by atoms with Crippen LogP contribution in [0.15, 0.2) is 12.4 Å². The summed E-state index contributed by atoms with van der Waals surface area (Å²) in [7, 11) is 1.67. The molecular weight excluding hydrogens is 194 g/mol. The van der Waals surface area contributed by atoms with Crippen LogP contribution in [0.2, 0.25) is 0 Å². The minimum atomic E-state index is 0.208. The van der Waals surface area contributed by atoms with Gasteiger partial charge in [-0.3, -0.25) is 0 Å². The zero-order valence-corrected chi connectivity index (χ0v) is 9.36. The number of aromatic nitrogens is 2. The van der Waals surface area contributed by atoms with Crippen molar-refractivity contribution < 1.29 is 9.47 Å². The number of rotatable bonds is 6. The molecule has 1 aromatic rings. The second-order valence-electron chi connectivity index (χ2n) is 3.18. The summed E-state index contributed by atoms with van der Waals surface area (Å²) in [6, 6.07) is 1.98. The molecule has 0 aliphatic rings. The van der Waals surface area contributed by atoms with Gasteiger partial charge in [-0.05, 0) is 13.8 Å². The summed E-state index contributed by atoms with van der Waals surface area (Å²) in [5.74, 6) is 1.33. The maximum absolute atomic E-state index is 5.27. The standard InChI is InChI=1S/C10H17N3O2/c1-4-15-10-5-9(11-7-12-10)13-8(2)6-14-3/h5,7-8H,4,6H2,1-3H3,(H,11,12,13). The van der Waals surface area contributed by atoms with E-state index < -0.39 is 0 Å². The lowest BCUT2D eigenvalue weighted by molar-refractivity contribution is 0.190. The first kappa shape index (κ1) is 11.7. The third-order valence-electron chi connectivity index (χ3n) is 1.75. The van der Waals surface area contributed by atoms with Gasteiger partial charge in [0, 0.05) is 19.2 Å². The van der Waals surface area contributed by atoms with E-state index in [-0.39, 0.29) is 6.04 Å². The molecule has 0 spiro atoms. The second-order valence-corrected chi connectivity index (χ2v) is 3.18. The van der Waals surface area contributed by atoms with E-state index in [9.17, 15) is 0 Å². The monoisotopic (exact) mass is 211 g/mol. The predicted octanol–water partition coefficient (Wildman–Crippen LogP) is 1.32. The Kier molecular flexibility index (Phi) is 4.83. The molecule has 0 aliphatic carbocycles. The number of nitrogens with one attached hydrogen (secondary N) is 1. The number of hydrogen-bond acceptors (Lipinski definition) is 5. The lowest BCUT2D eigenvalue weighted by Crippen LogP contribution is -2.21. The van der Waals surface area contributed by atoms with Crippen molar-refractivity contribution in [3.8, 4) is 5.88 Å². The first-order valence-corrected chi connectivity index (χ1v) is 4.96. The van der Waals surface area contributed by atoms with Crippen LogP contribution in [0, 0.1) is 0 Å². The van der Waals surface area contributed by atoms with E-state index in [1.54, 1.807) is 13.2 Å². The summed E-state index contributed by atoms with van der Waals surface area (Å²) >= 11 is 0. The molecule has 5 nitrogen and oxygen atoms in total. The topological polar surface area (TPSA) is 56.3 Å². The zero-order chi connectivity index (χ0) is 11.1. The maximum atomic E-state index is 5.27. The number of ether oxygens (including phenoxy) is 2. The second kappa shape index (κ2) is 6.19. The Morgan fingerprint density at radius 1 is 1.47 bits per heavy atom. The average Bonchev–Trinajstić information content (AvgIpc) is 2.19. The molecule has 0 radical (unpaired) electrons. The van der Waals surface area contributed by atoms with Crippen LogP contribution in [0.5, 0.6) is 5.88 Å². The highest BCUT2D eigenvalue weighted by atomic mass is 16.5. The molecular formula is C10H17N3O2. The van der Waals surface area contributed by atoms with Crippen LogP contribution < -0.4 is 10.1 Å². The fourth-order valence-corrected chi connectivity index (χ4v) is 1.19. The van der Waals surface area contributed by atoms with Crippen molar-refractivity contribution in [1.82, 2.24) is 9.97 Å². The van der Waals surface area contributed by atoms with Crippen LogP contribution in [-0.2, 0) is 4.74 Å². The summed E-state index contributed by atoms with van der Waals surface area (Å²) in [6.45, 7) is 5.17. The molecule has 1 aromatic heterocycles. The average molecular weight is 211 g/mol. The van der Waals surface area contributed by atoms with Crippen LogP contribution in [0.4, 0.5) is 5.82 Å². The highest BCUT2D eigenvalue weighted by Crippen LogP contribution is 2.11. The normalized spacial score (nSPS) is 12.2. The third kappa shape index (κ3) is 4.12. The molecule has 1 rings (SSSR count). The largest absolute Gasteiger partial charge is 0.478 e. The molecule has 0 saturated carbocycles. The van der Waals surface area contributed by atoms with Crippen LogP contribution in [0.25, 0.3) is 0 Å². The molecule has 84 valence electrons. The van der Waals surface area contributed by atoms with Gasteiger partial charge in [0.15, 0.2) is 0 Å². The van der Waals surface area contributed by atoms with Gasteiger partial charge >= 0.3 is 0 Å². The Balaban J connectivity index is 2.56. The molecule has 1 unspecified atom stereocenters. The molecule has 0 fully saturated rings. The van der Waals surface area contributed by atoms with Gasteiger partial charge in [0.1, 0.15) is 12.1 Å². The van der Waals surface area contributed by atoms with Crippen molar-refractivity contribution in [1.29, 1.82) is 0 Å². The van der Waals surface area contributed by atoms with Gasteiger partial charge in [-0.25, -0.2) is 9.97 Å². The molecule has 0 aromatic carbocycles. The molecule has 1 N–H and O–H groups in total. The predicted molar refractivity (Wildman–Crippen MR) is 58.2 cm³/mol. The molecule has 0 saturated heterocycles. The van der Waals surface area contributed by atoms with E-state index in [0.29, 0.717) is 19.1 Å². The van der Waals surface area contributed by atoms with E-state index in [4.69, 9.17) is 9.47 Å². The third-order valence-corrected chi connectivity index (χ3v) is 1.75. The van der Waals surface area contributed by atoms with Gasteiger partial charge in [0.05, 0.1) is 13.2 Å². The molecule has 0 aliphatic heterocycles. The van der Waals surface area contributed by atoms with Crippen molar-refractivity contribution in [2.24, 2.45) is 0 Å². The molecule has 1 atom stereocenters. The quantitative estimate of drug-likeness (QED) is 0.769. The zero-order valence-electron chi connectivity index (χ0n) is 9.36. The smallest absolute Gasteiger partial charge is 0.218 e. The Labute approximate surface area is 89.8 Å². The first-order valence-electron chi connectivity index (χ1n) is 4.96. The molecule has 1 heterocycles. The number of hydrogen-bond donors (Lipinski definition) is 1. The van der Waals surface area contributed by atoms with Crippen LogP contribution in [0.3, 0.4) is 0 Å². The lowest BCUT2D eigenvalue weighted by Gasteiger charge is -2.13. The number of methoxy groups -OCH3 is 1. The Morgan fingerprint density at radius 3 is 2.93 bits per heavy atom. The summed E-state index contributed by atoms with van der Waals surface area (Å²) < 4.78 is 10.3. The van der Waals surface area contributed by atoms with E-state index in [1.165, 1.54) is 6.33 Å². The number of anilines is 1. The molecule has 15 heavy (non-hydrogen) atoms. The summed E-state index contributed by atoms with van der Waals surface area (Å²) in [4.78, 5) is 8.06. The first-order chi connectivity index (χ1) is 7.26. The minimum absolute atomic E-state index is 0.208. The van der Waals surface area contributed by atoms with Gasteiger partial charge in [-0.1, -0.05) is 0 Å². The fraction of sp³-hybridized carbons (Fsp3) is 0.600. The Bertz CT molecular complexity index is 294. The van der Waals surface area contributed by atoms with Crippen molar-refractivity contribution in [2.75, 3.05) is 25.6 Å². The van der Waals surface area contributed by atoms with E-state index >= 15 is 0 Å². The van der Waals surface area contributed by atoms with Gasteiger partial charge < -0.3 is 14.8 Å². The van der Waals surface area contributed by atoms with E-state index in [1.807, 2.05) is 13.8 Å². The molecule has 0 amide bonds. The highest BCUT2D eigenvalue weighted by Gasteiger charge is 2.03. The summed E-state index contributed by atoms with van der Waals surface area (Å²) in [5, 5.41) is 3.19. The van der Waals surface area contributed by atoms with Crippen molar-refractivity contribution in [2.45, 2.75) is 19.9 Å². The SMILES string of the molecule is CCOc1cc(NC(C)COC)ncn1. The fourth-order valence-electron chi connectivity index (χ4n) is 1.19. The molecule has 0 bridgehead atoms. The van der Waals surface area contributed by atoms with Crippen molar-refractivity contribution >= 4 is 5.82 Å². The summed E-state index contributed by atoms with van der Waals surface area (Å²) in [5.41, 5.74) is 0. The van der Waals surface area contributed by atoms with Crippen LogP contribution >= 0.6 is 0 Å². The maximum Gasteiger partial charge on any atom is 0.218 e. The van der Waals surface area contributed by atoms with Crippen LogP contribution in [-0.4, -0.2) is 36.3 Å². The molecule has 5 heteroatoms. The van der Waals surface area contributed by atoms with Gasteiger partial charge in [0.25, 0.3) is 0 Å². The highest BCUT2D eigenvalue weighted by molar-refractivity contribution is 5.37. The van der Waals surface area contributed by atoms with Crippen molar-refractivity contribution in [3.63, 3.8) is 0 Å². The van der Waals surface area contributed by atoms with Crippen molar-refractivity contribution in [3.05, 3.63) is 12.4 Å². The van der Waals surface area contributed by atoms with Gasteiger partial charge in [-0.15, -0.1) is 0 Å². The van der Waals surface area contributed by atoms with E-state index in [0.717, 1.165) is 5.82 Å². The van der Waals surface area contributed by atoms with E-state index in [2.05, 4.69) is 15.3 Å². The van der Waals surface area contributed by atoms with Gasteiger partial charge in [0.2, 0.25) is 5.88 Å². The Hall–Kier alpha value is -1.36. The minimum Gasteiger partial charge on any atom is -0.478 e. The van der Waals surface area contributed by atoms with Gasteiger partial charge in [-0.2, -0.15) is 0 Å². The lowest BCUT2D eigenvalue weighted by atomic mass is 10.3. The van der Waals surface area contributed by atoms with Crippen LogP contribution in [0.1, 0.15) is 13.8 Å².